The number of amides is 2. The molecule has 5 heteroatoms. The van der Waals surface area contributed by atoms with E-state index in [0.717, 1.165) is 0 Å². The molecule has 0 saturated carbocycles. The fourth-order valence-corrected chi connectivity index (χ4v) is 1.16. The first-order valence-electron chi connectivity index (χ1n) is 5.89. The van der Waals surface area contributed by atoms with Gasteiger partial charge in [-0.3, -0.25) is 9.59 Å². The lowest BCUT2D eigenvalue weighted by Gasteiger charge is -2.28. The van der Waals surface area contributed by atoms with Gasteiger partial charge in [0.2, 0.25) is 11.8 Å². The van der Waals surface area contributed by atoms with Crippen molar-refractivity contribution in [1.29, 1.82) is 0 Å². The predicted octanol–water partition coefficient (Wildman–Crippen LogP) is 0.343. The minimum absolute atomic E-state index is 0.0310. The average molecular weight is 243 g/mol. The van der Waals surface area contributed by atoms with E-state index >= 15 is 0 Å². The van der Waals surface area contributed by atoms with E-state index in [9.17, 15) is 9.59 Å². The molecule has 0 aromatic heterocycles. The molecule has 0 aliphatic heterocycles. The number of nitrogens with two attached hydrogens (primary N) is 1. The second kappa shape index (κ2) is 6.00. The summed E-state index contributed by atoms with van der Waals surface area (Å²) in [5, 5.41) is 2.71. The van der Waals surface area contributed by atoms with Crippen molar-refractivity contribution in [1.82, 2.24) is 10.2 Å². The van der Waals surface area contributed by atoms with Crippen molar-refractivity contribution < 1.29 is 9.59 Å². The van der Waals surface area contributed by atoms with Crippen molar-refractivity contribution in [2.45, 2.75) is 46.7 Å². The minimum atomic E-state index is -0.527. The zero-order chi connectivity index (χ0) is 13.8. The zero-order valence-electron chi connectivity index (χ0n) is 11.7. The van der Waals surface area contributed by atoms with Crippen LogP contribution in [-0.4, -0.2) is 42.4 Å². The van der Waals surface area contributed by atoms with Crippen LogP contribution in [0.1, 0.15) is 34.6 Å². The van der Waals surface area contributed by atoms with Crippen LogP contribution in [0, 0.1) is 5.41 Å². The summed E-state index contributed by atoms with van der Waals surface area (Å²) in [6, 6.07) is -0.558. The standard InChI is InChI=1S/C12H25N3O2/c1-8(7-13)15(6)10(16)9(2)14-11(17)12(3,4)5/h8-9H,7,13H2,1-6H3,(H,14,17). The Kier molecular flexibility index (Phi) is 5.61. The Bertz CT molecular complexity index is 284. The second-order valence-corrected chi connectivity index (χ2v) is 5.48. The van der Waals surface area contributed by atoms with Crippen LogP contribution in [0.25, 0.3) is 0 Å². The molecular formula is C12H25N3O2. The maximum Gasteiger partial charge on any atom is 0.244 e. The molecule has 5 nitrogen and oxygen atoms in total. The van der Waals surface area contributed by atoms with Gasteiger partial charge in [-0.2, -0.15) is 0 Å². The smallest absolute Gasteiger partial charge is 0.244 e. The number of carbonyl (C=O) groups is 2. The number of nitrogens with one attached hydrogen (secondary N) is 1. The normalized spacial score (nSPS) is 15.0. The van der Waals surface area contributed by atoms with Crippen molar-refractivity contribution >= 4 is 11.8 Å². The third-order valence-corrected chi connectivity index (χ3v) is 2.75. The second-order valence-electron chi connectivity index (χ2n) is 5.48. The van der Waals surface area contributed by atoms with Crippen LogP contribution in [-0.2, 0) is 9.59 Å². The lowest BCUT2D eigenvalue weighted by atomic mass is 9.95. The Morgan fingerprint density at radius 2 is 1.76 bits per heavy atom. The van der Waals surface area contributed by atoms with Gasteiger partial charge in [0.05, 0.1) is 0 Å². The minimum Gasteiger partial charge on any atom is -0.344 e. The van der Waals surface area contributed by atoms with E-state index in [1.807, 2.05) is 27.7 Å². The van der Waals surface area contributed by atoms with Gasteiger partial charge in [-0.15, -0.1) is 0 Å². The van der Waals surface area contributed by atoms with E-state index in [4.69, 9.17) is 5.73 Å². The zero-order valence-corrected chi connectivity index (χ0v) is 11.7. The monoisotopic (exact) mass is 243 g/mol. The molecule has 17 heavy (non-hydrogen) atoms. The van der Waals surface area contributed by atoms with Crippen LogP contribution < -0.4 is 11.1 Å². The number of carbonyl (C=O) groups excluding carboxylic acids is 2. The molecular weight excluding hydrogens is 218 g/mol. The summed E-state index contributed by atoms with van der Waals surface area (Å²) < 4.78 is 0. The predicted molar refractivity (Wildman–Crippen MR) is 68.3 cm³/mol. The number of rotatable bonds is 4. The molecule has 0 heterocycles. The number of hydrogen-bond acceptors (Lipinski definition) is 3. The molecule has 0 aliphatic carbocycles. The molecule has 2 amide bonds. The van der Waals surface area contributed by atoms with E-state index in [-0.39, 0.29) is 17.9 Å². The maximum absolute atomic E-state index is 12.0. The molecule has 0 bridgehead atoms. The van der Waals surface area contributed by atoms with Gasteiger partial charge < -0.3 is 16.0 Å². The molecule has 0 spiro atoms. The first-order valence-corrected chi connectivity index (χ1v) is 5.89. The van der Waals surface area contributed by atoms with Gasteiger partial charge in [-0.05, 0) is 13.8 Å². The van der Waals surface area contributed by atoms with Crippen LogP contribution in [0.15, 0.2) is 0 Å². The number of likely N-dealkylation sites (N-methyl/N-ethyl adjacent to an activating group) is 1. The largest absolute Gasteiger partial charge is 0.344 e. The van der Waals surface area contributed by atoms with Gasteiger partial charge in [0.15, 0.2) is 0 Å². The Morgan fingerprint density at radius 1 is 1.29 bits per heavy atom. The van der Waals surface area contributed by atoms with E-state index in [0.29, 0.717) is 6.54 Å². The van der Waals surface area contributed by atoms with Crippen molar-refractivity contribution in [2.75, 3.05) is 13.6 Å². The third kappa shape index (κ3) is 4.73. The summed E-state index contributed by atoms with van der Waals surface area (Å²) in [5.74, 6) is -0.257. The van der Waals surface area contributed by atoms with Gasteiger partial charge in [0.25, 0.3) is 0 Å². The van der Waals surface area contributed by atoms with Gasteiger partial charge in [-0.25, -0.2) is 0 Å². The van der Waals surface area contributed by atoms with Crippen LogP contribution in [0.3, 0.4) is 0 Å². The highest BCUT2D eigenvalue weighted by atomic mass is 16.2. The molecule has 0 saturated heterocycles. The van der Waals surface area contributed by atoms with E-state index < -0.39 is 11.5 Å². The molecule has 0 aromatic rings. The molecule has 2 unspecified atom stereocenters. The highest BCUT2D eigenvalue weighted by molar-refractivity contribution is 5.89. The third-order valence-electron chi connectivity index (χ3n) is 2.75. The fourth-order valence-electron chi connectivity index (χ4n) is 1.16. The topological polar surface area (TPSA) is 75.4 Å². The van der Waals surface area contributed by atoms with Gasteiger partial charge in [0.1, 0.15) is 6.04 Å². The SMILES string of the molecule is CC(NC(=O)C(C)(C)C)C(=O)N(C)C(C)CN. The number of nitrogens with zero attached hydrogens (tertiary/aromatic N) is 1. The van der Waals surface area contributed by atoms with E-state index in [1.165, 1.54) is 0 Å². The Morgan fingerprint density at radius 3 is 2.12 bits per heavy atom. The van der Waals surface area contributed by atoms with Crippen LogP contribution in [0.4, 0.5) is 0 Å². The number of hydrogen-bond donors (Lipinski definition) is 2. The summed E-state index contributed by atoms with van der Waals surface area (Å²) >= 11 is 0. The molecule has 0 fully saturated rings. The lowest BCUT2D eigenvalue weighted by Crippen LogP contribution is -2.51. The summed E-state index contributed by atoms with van der Waals surface area (Å²) in [5.41, 5.74) is 5.01. The summed E-state index contributed by atoms with van der Waals surface area (Å²) in [6.45, 7) is 9.40. The Labute approximate surface area is 104 Å². The van der Waals surface area contributed by atoms with E-state index in [1.54, 1.807) is 18.9 Å². The van der Waals surface area contributed by atoms with Gasteiger partial charge in [0, 0.05) is 25.0 Å². The van der Waals surface area contributed by atoms with Crippen molar-refractivity contribution in [3.63, 3.8) is 0 Å². The van der Waals surface area contributed by atoms with Crippen LogP contribution in [0.2, 0.25) is 0 Å². The highest BCUT2D eigenvalue weighted by Gasteiger charge is 2.27. The molecule has 3 N–H and O–H groups in total. The quantitative estimate of drug-likeness (QED) is 0.748. The van der Waals surface area contributed by atoms with Crippen LogP contribution >= 0.6 is 0 Å². The Hall–Kier alpha value is -1.10. The highest BCUT2D eigenvalue weighted by Crippen LogP contribution is 2.13. The molecule has 100 valence electrons. The fraction of sp³-hybridized carbons (Fsp3) is 0.833. The van der Waals surface area contributed by atoms with E-state index in [2.05, 4.69) is 5.32 Å². The maximum atomic E-state index is 12.0. The summed E-state index contributed by atoms with van der Waals surface area (Å²) in [6.07, 6.45) is 0. The first kappa shape index (κ1) is 15.9. The van der Waals surface area contributed by atoms with Gasteiger partial charge >= 0.3 is 0 Å². The Balaban J connectivity index is 4.48. The average Bonchev–Trinajstić information content (AvgIpc) is 2.24. The lowest BCUT2D eigenvalue weighted by molar-refractivity contribution is -0.138. The van der Waals surface area contributed by atoms with Crippen molar-refractivity contribution in [3.05, 3.63) is 0 Å². The summed E-state index contributed by atoms with van der Waals surface area (Å²) in [7, 11) is 1.69. The van der Waals surface area contributed by atoms with Crippen molar-refractivity contribution in [3.8, 4) is 0 Å². The molecule has 0 aliphatic rings. The molecule has 0 rings (SSSR count). The van der Waals surface area contributed by atoms with Gasteiger partial charge in [-0.1, -0.05) is 20.8 Å². The molecule has 2 atom stereocenters. The first-order chi connectivity index (χ1) is 7.61. The molecule has 0 radical (unpaired) electrons. The summed E-state index contributed by atoms with van der Waals surface area (Å²) in [4.78, 5) is 25.3. The van der Waals surface area contributed by atoms with Crippen molar-refractivity contribution in [2.24, 2.45) is 11.1 Å². The van der Waals surface area contributed by atoms with Crippen LogP contribution in [0.5, 0.6) is 0 Å². The molecule has 0 aromatic carbocycles.